The molecule has 1 aliphatic heterocycles. The number of likely N-dealkylation sites (N-methyl/N-ethyl adjacent to an activating group) is 1. The minimum atomic E-state index is -0.756. The molecule has 2 heterocycles. The highest BCUT2D eigenvalue weighted by Crippen LogP contribution is 2.22. The zero-order valence-corrected chi connectivity index (χ0v) is 11.6. The zero-order valence-electron chi connectivity index (χ0n) is 11.6. The number of aliphatic hydroxyl groups is 1. The van der Waals surface area contributed by atoms with Crippen LogP contribution in [0.5, 0.6) is 0 Å². The van der Waals surface area contributed by atoms with E-state index in [0.717, 1.165) is 0 Å². The van der Waals surface area contributed by atoms with Crippen LogP contribution in [0.1, 0.15) is 12.8 Å². The molecule has 2 rings (SSSR count). The summed E-state index contributed by atoms with van der Waals surface area (Å²) in [5, 5.41) is 10.4. The molecule has 6 heteroatoms. The molecule has 1 N–H and O–H groups in total. The summed E-state index contributed by atoms with van der Waals surface area (Å²) < 4.78 is 1.89. The van der Waals surface area contributed by atoms with E-state index in [1.54, 1.807) is 17.4 Å². The van der Waals surface area contributed by atoms with E-state index in [1.807, 2.05) is 29.8 Å². The topological polar surface area (TPSA) is 61.6 Å². The molecular weight excluding hydrogens is 244 g/mol. The standard InChI is InChI=1S/C13H22N4O2/c1-15(2)9-13(19)4-7-17(10-13)12(18)3-6-16-8-5-14-11-16/h5,8,11,19H,3-4,6-7,9-10H2,1-2H3/t13-/m1/s1. The predicted octanol–water partition coefficient (Wildman–Crippen LogP) is -0.202. The minimum Gasteiger partial charge on any atom is -0.387 e. The van der Waals surface area contributed by atoms with Gasteiger partial charge in [0, 0.05) is 38.4 Å². The van der Waals surface area contributed by atoms with Crippen molar-refractivity contribution in [3.05, 3.63) is 18.7 Å². The van der Waals surface area contributed by atoms with Gasteiger partial charge in [0.2, 0.25) is 5.91 Å². The summed E-state index contributed by atoms with van der Waals surface area (Å²) in [4.78, 5) is 19.7. The fourth-order valence-corrected chi connectivity index (χ4v) is 2.59. The number of hydrogen-bond acceptors (Lipinski definition) is 4. The van der Waals surface area contributed by atoms with Crippen molar-refractivity contribution in [2.24, 2.45) is 0 Å². The predicted molar refractivity (Wildman–Crippen MR) is 71.5 cm³/mol. The second-order valence-corrected chi connectivity index (χ2v) is 5.58. The summed E-state index contributed by atoms with van der Waals surface area (Å²) in [6.07, 6.45) is 6.37. The minimum absolute atomic E-state index is 0.100. The Morgan fingerprint density at radius 3 is 2.95 bits per heavy atom. The van der Waals surface area contributed by atoms with E-state index in [4.69, 9.17) is 0 Å². The van der Waals surface area contributed by atoms with Gasteiger partial charge in [0.15, 0.2) is 0 Å². The number of nitrogens with zero attached hydrogens (tertiary/aromatic N) is 4. The van der Waals surface area contributed by atoms with Gasteiger partial charge in [-0.1, -0.05) is 0 Å². The quantitative estimate of drug-likeness (QED) is 0.801. The Balaban J connectivity index is 1.81. The molecule has 1 amide bonds. The van der Waals surface area contributed by atoms with Crippen molar-refractivity contribution in [3.8, 4) is 0 Å². The number of hydrogen-bond donors (Lipinski definition) is 1. The maximum Gasteiger partial charge on any atom is 0.224 e. The van der Waals surface area contributed by atoms with E-state index in [-0.39, 0.29) is 5.91 Å². The molecule has 0 radical (unpaired) electrons. The van der Waals surface area contributed by atoms with Gasteiger partial charge in [-0.3, -0.25) is 4.79 Å². The zero-order chi connectivity index (χ0) is 13.9. The van der Waals surface area contributed by atoms with Crippen molar-refractivity contribution < 1.29 is 9.90 Å². The Morgan fingerprint density at radius 1 is 1.53 bits per heavy atom. The van der Waals surface area contributed by atoms with Crippen molar-refractivity contribution in [2.45, 2.75) is 25.0 Å². The van der Waals surface area contributed by atoms with Crippen LogP contribution in [0.3, 0.4) is 0 Å². The van der Waals surface area contributed by atoms with Crippen LogP contribution in [0.15, 0.2) is 18.7 Å². The highest BCUT2D eigenvalue weighted by atomic mass is 16.3. The van der Waals surface area contributed by atoms with Crippen LogP contribution in [0, 0.1) is 0 Å². The Morgan fingerprint density at radius 2 is 2.32 bits per heavy atom. The van der Waals surface area contributed by atoms with Crippen molar-refractivity contribution >= 4 is 5.91 Å². The number of rotatable bonds is 5. The maximum absolute atomic E-state index is 12.1. The van der Waals surface area contributed by atoms with Gasteiger partial charge in [-0.15, -0.1) is 0 Å². The number of carbonyl (C=O) groups is 1. The second kappa shape index (κ2) is 5.71. The number of amides is 1. The van der Waals surface area contributed by atoms with E-state index in [1.165, 1.54) is 0 Å². The first-order valence-electron chi connectivity index (χ1n) is 6.59. The van der Waals surface area contributed by atoms with Crippen LogP contribution in [-0.2, 0) is 11.3 Å². The second-order valence-electron chi connectivity index (χ2n) is 5.58. The van der Waals surface area contributed by atoms with Crippen molar-refractivity contribution in [3.63, 3.8) is 0 Å². The van der Waals surface area contributed by atoms with E-state index >= 15 is 0 Å². The summed E-state index contributed by atoms with van der Waals surface area (Å²) in [7, 11) is 3.86. The molecule has 6 nitrogen and oxygen atoms in total. The number of likely N-dealkylation sites (tertiary alicyclic amines) is 1. The van der Waals surface area contributed by atoms with Gasteiger partial charge in [0.25, 0.3) is 0 Å². The van der Waals surface area contributed by atoms with Crippen LogP contribution in [0.25, 0.3) is 0 Å². The highest BCUT2D eigenvalue weighted by Gasteiger charge is 2.38. The van der Waals surface area contributed by atoms with E-state index in [2.05, 4.69) is 4.98 Å². The van der Waals surface area contributed by atoms with Gasteiger partial charge < -0.3 is 19.5 Å². The first kappa shape index (κ1) is 14.0. The molecule has 0 spiro atoms. The summed E-state index contributed by atoms with van der Waals surface area (Å²) in [6.45, 7) is 2.32. The molecule has 0 aromatic carbocycles. The van der Waals surface area contributed by atoms with Gasteiger partial charge in [0.1, 0.15) is 0 Å². The fourth-order valence-electron chi connectivity index (χ4n) is 2.59. The Kier molecular flexibility index (Phi) is 4.21. The van der Waals surface area contributed by atoms with Gasteiger partial charge >= 0.3 is 0 Å². The first-order chi connectivity index (χ1) is 8.98. The number of aryl methyl sites for hydroxylation is 1. The molecule has 0 aliphatic carbocycles. The number of β-amino-alcohol motifs (C(OH)–C–C–N with tert-alkyl or cyclic N) is 1. The smallest absolute Gasteiger partial charge is 0.224 e. The van der Waals surface area contributed by atoms with E-state index in [9.17, 15) is 9.90 Å². The molecule has 1 aromatic heterocycles. The average molecular weight is 266 g/mol. The normalized spacial score (nSPS) is 23.3. The highest BCUT2D eigenvalue weighted by molar-refractivity contribution is 5.76. The molecule has 106 valence electrons. The van der Waals surface area contributed by atoms with Gasteiger partial charge in [-0.05, 0) is 20.5 Å². The number of imidazole rings is 1. The summed E-state index contributed by atoms with van der Waals surface area (Å²) in [6, 6.07) is 0. The maximum atomic E-state index is 12.1. The third-order valence-electron chi connectivity index (χ3n) is 3.44. The SMILES string of the molecule is CN(C)C[C@]1(O)CCN(C(=O)CCn2ccnc2)C1. The Bertz CT molecular complexity index is 418. The molecule has 0 bridgehead atoms. The lowest BCUT2D eigenvalue weighted by Crippen LogP contribution is -2.43. The molecule has 1 aliphatic rings. The average Bonchev–Trinajstić information content (AvgIpc) is 2.94. The fraction of sp³-hybridized carbons (Fsp3) is 0.692. The van der Waals surface area contributed by atoms with Crippen molar-refractivity contribution in [2.75, 3.05) is 33.7 Å². The summed E-state index contributed by atoms with van der Waals surface area (Å²) in [5.74, 6) is 0.100. The molecule has 1 atom stereocenters. The molecular formula is C13H22N4O2. The van der Waals surface area contributed by atoms with Crippen LogP contribution in [-0.4, -0.2) is 69.7 Å². The lowest BCUT2D eigenvalue weighted by molar-refractivity contribution is -0.131. The largest absolute Gasteiger partial charge is 0.387 e. The molecule has 1 saturated heterocycles. The van der Waals surface area contributed by atoms with Gasteiger partial charge in [-0.25, -0.2) is 4.98 Å². The van der Waals surface area contributed by atoms with Crippen LogP contribution in [0.2, 0.25) is 0 Å². The lowest BCUT2D eigenvalue weighted by atomic mass is 10.0. The Labute approximate surface area is 113 Å². The summed E-state index contributed by atoms with van der Waals surface area (Å²) in [5.41, 5.74) is -0.756. The molecule has 0 unspecified atom stereocenters. The molecule has 1 fully saturated rings. The van der Waals surface area contributed by atoms with Crippen LogP contribution >= 0.6 is 0 Å². The van der Waals surface area contributed by atoms with Crippen molar-refractivity contribution in [1.82, 2.24) is 19.4 Å². The van der Waals surface area contributed by atoms with E-state index in [0.29, 0.717) is 39.0 Å². The third kappa shape index (κ3) is 3.78. The number of carbonyl (C=O) groups excluding carboxylic acids is 1. The van der Waals surface area contributed by atoms with Crippen LogP contribution < -0.4 is 0 Å². The summed E-state index contributed by atoms with van der Waals surface area (Å²) >= 11 is 0. The molecule has 19 heavy (non-hydrogen) atoms. The van der Waals surface area contributed by atoms with Gasteiger partial charge in [0.05, 0.1) is 18.5 Å². The van der Waals surface area contributed by atoms with Crippen molar-refractivity contribution in [1.29, 1.82) is 0 Å². The third-order valence-corrected chi connectivity index (χ3v) is 3.44. The lowest BCUT2D eigenvalue weighted by Gasteiger charge is -2.26. The monoisotopic (exact) mass is 266 g/mol. The molecule has 1 aromatic rings. The Hall–Kier alpha value is -1.40. The molecule has 0 saturated carbocycles. The first-order valence-corrected chi connectivity index (χ1v) is 6.59. The number of aromatic nitrogens is 2. The van der Waals surface area contributed by atoms with Crippen LogP contribution in [0.4, 0.5) is 0 Å². The van der Waals surface area contributed by atoms with E-state index < -0.39 is 5.60 Å². The van der Waals surface area contributed by atoms with Gasteiger partial charge in [-0.2, -0.15) is 0 Å².